The van der Waals surface area contributed by atoms with Crippen LogP contribution in [0.3, 0.4) is 0 Å². The van der Waals surface area contributed by atoms with E-state index < -0.39 is 0 Å². The molecule has 0 radical (unpaired) electrons. The highest BCUT2D eigenvalue weighted by Crippen LogP contribution is 2.17. The minimum Gasteiger partial charge on any atom is -0.496 e. The molecule has 0 bridgehead atoms. The van der Waals surface area contributed by atoms with Crippen molar-refractivity contribution in [3.05, 3.63) is 88.7 Å². The number of nitrogens with zero attached hydrogens (tertiary/aromatic N) is 1. The van der Waals surface area contributed by atoms with Gasteiger partial charge in [-0.1, -0.05) is 13.0 Å². The van der Waals surface area contributed by atoms with Crippen LogP contribution < -0.4 is 9.47 Å². The molecule has 0 atom stereocenters. The van der Waals surface area contributed by atoms with Gasteiger partial charge in [0.25, 0.3) is 0 Å². The van der Waals surface area contributed by atoms with Crippen molar-refractivity contribution in [2.45, 2.75) is 27.2 Å². The molecule has 0 amide bonds. The lowest BCUT2D eigenvalue weighted by Gasteiger charge is -2.03. The van der Waals surface area contributed by atoms with Crippen molar-refractivity contribution >= 4 is 18.9 Å². The number of aldehydes is 3. The summed E-state index contributed by atoms with van der Waals surface area (Å²) in [7, 11) is 1.61. The predicted octanol–water partition coefficient (Wildman–Crippen LogP) is 5.31. The summed E-state index contributed by atoms with van der Waals surface area (Å²) in [5.74, 6) is 1.64. The number of aromatic nitrogens is 1. The molecule has 0 spiro atoms. The molecule has 3 rings (SSSR count). The van der Waals surface area contributed by atoms with Gasteiger partial charge in [0.15, 0.2) is 6.29 Å². The standard InChI is InChI=1S/C10H12O2.C9H10O2.C7H7NO/c1-2-7-12-10-5-3-9(8-11)4-6-10;1-7-5-8(6-10)3-4-9(7)11-2;1-6-3-2-4-7(5-9)8-6/h3-6,8H,2,7H2,1H3;3-6H,1-2H3;2-5H,1H3. The highest BCUT2D eigenvalue weighted by Gasteiger charge is 1.97. The zero-order valence-electron chi connectivity index (χ0n) is 18.9. The van der Waals surface area contributed by atoms with Crippen molar-refractivity contribution in [2.75, 3.05) is 13.7 Å². The van der Waals surface area contributed by atoms with Gasteiger partial charge < -0.3 is 9.47 Å². The largest absolute Gasteiger partial charge is 0.496 e. The number of aryl methyl sites for hydroxylation is 2. The number of rotatable bonds is 7. The number of hydrogen-bond donors (Lipinski definition) is 0. The first-order valence-corrected chi connectivity index (χ1v) is 10.1. The smallest absolute Gasteiger partial charge is 0.168 e. The van der Waals surface area contributed by atoms with Gasteiger partial charge in [-0.05, 0) is 80.4 Å². The van der Waals surface area contributed by atoms with Crippen molar-refractivity contribution in [2.24, 2.45) is 0 Å². The van der Waals surface area contributed by atoms with Crippen LogP contribution in [0.15, 0.2) is 60.7 Å². The van der Waals surface area contributed by atoms with Gasteiger partial charge in [0.1, 0.15) is 29.8 Å². The first-order valence-electron chi connectivity index (χ1n) is 10.1. The second-order valence-corrected chi connectivity index (χ2v) is 6.70. The van der Waals surface area contributed by atoms with E-state index in [0.717, 1.165) is 54.6 Å². The maximum atomic E-state index is 10.3. The predicted molar refractivity (Wildman–Crippen MR) is 125 cm³/mol. The Labute approximate surface area is 189 Å². The Morgan fingerprint density at radius 3 is 1.97 bits per heavy atom. The van der Waals surface area contributed by atoms with Gasteiger partial charge in [0, 0.05) is 16.8 Å². The Bertz CT molecular complexity index is 984. The molecule has 0 saturated carbocycles. The lowest BCUT2D eigenvalue weighted by Crippen LogP contribution is -1.94. The summed E-state index contributed by atoms with van der Waals surface area (Å²) in [6.45, 7) is 6.54. The second kappa shape index (κ2) is 15.1. The molecule has 0 fully saturated rings. The van der Waals surface area contributed by atoms with E-state index in [0.29, 0.717) is 16.8 Å². The summed E-state index contributed by atoms with van der Waals surface area (Å²) in [6.07, 6.45) is 3.39. The molecule has 0 N–H and O–H groups in total. The maximum Gasteiger partial charge on any atom is 0.168 e. The topological polar surface area (TPSA) is 82.6 Å². The van der Waals surface area contributed by atoms with E-state index in [2.05, 4.69) is 11.9 Å². The van der Waals surface area contributed by atoms with E-state index in [4.69, 9.17) is 9.47 Å². The normalized spacial score (nSPS) is 9.25. The van der Waals surface area contributed by atoms with Gasteiger partial charge in [0.2, 0.25) is 0 Å². The summed E-state index contributed by atoms with van der Waals surface area (Å²) < 4.78 is 10.4. The zero-order valence-corrected chi connectivity index (χ0v) is 18.9. The average Bonchev–Trinajstić information content (AvgIpc) is 2.83. The van der Waals surface area contributed by atoms with Crippen LogP contribution in [0.4, 0.5) is 0 Å². The minimum absolute atomic E-state index is 0.495. The summed E-state index contributed by atoms with van der Waals surface area (Å²) in [5, 5.41) is 0. The fourth-order valence-corrected chi connectivity index (χ4v) is 2.47. The van der Waals surface area contributed by atoms with Crippen molar-refractivity contribution < 1.29 is 23.9 Å². The molecule has 1 heterocycles. The molecule has 0 aliphatic rings. The van der Waals surface area contributed by atoms with Crippen LogP contribution in [0.5, 0.6) is 11.5 Å². The Kier molecular flexibility index (Phi) is 12.4. The van der Waals surface area contributed by atoms with E-state index in [1.165, 1.54) is 0 Å². The van der Waals surface area contributed by atoms with Crippen LogP contribution in [0.25, 0.3) is 0 Å². The Morgan fingerprint density at radius 1 is 0.844 bits per heavy atom. The molecule has 0 aliphatic carbocycles. The molecular formula is C26H29NO5. The Morgan fingerprint density at radius 2 is 1.50 bits per heavy atom. The van der Waals surface area contributed by atoms with Crippen LogP contribution in [-0.4, -0.2) is 37.6 Å². The molecule has 32 heavy (non-hydrogen) atoms. The fourth-order valence-electron chi connectivity index (χ4n) is 2.47. The third-order valence-corrected chi connectivity index (χ3v) is 4.07. The van der Waals surface area contributed by atoms with Crippen LogP contribution in [0.2, 0.25) is 0 Å². The number of methoxy groups -OCH3 is 1. The fraction of sp³-hybridized carbons (Fsp3) is 0.231. The summed E-state index contributed by atoms with van der Waals surface area (Å²) >= 11 is 0. The SMILES string of the molecule is CCCOc1ccc(C=O)cc1.COc1ccc(C=O)cc1C.Cc1cccc(C=O)n1. The molecule has 1 aromatic heterocycles. The molecular weight excluding hydrogens is 406 g/mol. The number of carbonyl (C=O) groups excluding carboxylic acids is 3. The van der Waals surface area contributed by atoms with Crippen LogP contribution in [0.1, 0.15) is 55.8 Å². The zero-order chi connectivity index (χ0) is 23.8. The van der Waals surface area contributed by atoms with E-state index in [-0.39, 0.29) is 0 Å². The Balaban J connectivity index is 0.000000242. The van der Waals surface area contributed by atoms with Crippen LogP contribution >= 0.6 is 0 Å². The lowest BCUT2D eigenvalue weighted by atomic mass is 10.1. The van der Waals surface area contributed by atoms with Gasteiger partial charge in [0.05, 0.1) is 13.7 Å². The van der Waals surface area contributed by atoms with Gasteiger partial charge in [-0.25, -0.2) is 0 Å². The summed E-state index contributed by atoms with van der Waals surface area (Å²) in [4.78, 5) is 34.6. The molecule has 3 aromatic rings. The molecule has 168 valence electrons. The average molecular weight is 436 g/mol. The van der Waals surface area contributed by atoms with Crippen molar-refractivity contribution in [3.8, 4) is 11.5 Å². The van der Waals surface area contributed by atoms with Crippen molar-refractivity contribution in [3.63, 3.8) is 0 Å². The lowest BCUT2D eigenvalue weighted by molar-refractivity contribution is 0.111. The number of ether oxygens (including phenoxy) is 2. The van der Waals surface area contributed by atoms with Gasteiger partial charge in [-0.2, -0.15) is 0 Å². The molecule has 0 saturated heterocycles. The number of pyridine rings is 1. The monoisotopic (exact) mass is 435 g/mol. The minimum atomic E-state index is 0.495. The van der Waals surface area contributed by atoms with E-state index >= 15 is 0 Å². The summed E-state index contributed by atoms with van der Waals surface area (Å²) in [6, 6.07) is 17.8. The highest BCUT2D eigenvalue weighted by molar-refractivity contribution is 5.75. The number of carbonyl (C=O) groups is 3. The van der Waals surface area contributed by atoms with Crippen molar-refractivity contribution in [1.29, 1.82) is 0 Å². The Hall–Kier alpha value is -3.80. The van der Waals surface area contributed by atoms with Crippen LogP contribution in [0, 0.1) is 13.8 Å². The quantitative estimate of drug-likeness (QED) is 0.468. The second-order valence-electron chi connectivity index (χ2n) is 6.70. The first-order chi connectivity index (χ1) is 15.5. The van der Waals surface area contributed by atoms with Crippen molar-refractivity contribution in [1.82, 2.24) is 4.98 Å². The molecule has 2 aromatic carbocycles. The number of hydrogen-bond acceptors (Lipinski definition) is 6. The molecule has 0 unspecified atom stereocenters. The van der Waals surface area contributed by atoms with E-state index in [1.807, 2.05) is 26.0 Å². The third kappa shape index (κ3) is 9.80. The van der Waals surface area contributed by atoms with Gasteiger partial charge in [-0.15, -0.1) is 0 Å². The van der Waals surface area contributed by atoms with E-state index in [1.54, 1.807) is 55.6 Å². The highest BCUT2D eigenvalue weighted by atomic mass is 16.5. The molecule has 6 heteroatoms. The van der Waals surface area contributed by atoms with Gasteiger partial charge >= 0.3 is 0 Å². The third-order valence-electron chi connectivity index (χ3n) is 4.07. The first kappa shape index (κ1) is 26.2. The maximum absolute atomic E-state index is 10.3. The molecule has 6 nitrogen and oxygen atoms in total. The molecule has 0 aliphatic heterocycles. The van der Waals surface area contributed by atoms with Gasteiger partial charge in [-0.3, -0.25) is 19.4 Å². The van der Waals surface area contributed by atoms with E-state index in [9.17, 15) is 14.4 Å². The summed E-state index contributed by atoms with van der Waals surface area (Å²) in [5.41, 5.74) is 3.72. The van der Waals surface area contributed by atoms with Crippen LogP contribution in [-0.2, 0) is 0 Å². The number of benzene rings is 2.